The number of aromatic nitrogens is 3. The van der Waals surface area contributed by atoms with E-state index in [1.165, 1.54) is 12.3 Å². The Morgan fingerprint density at radius 1 is 1.02 bits per heavy atom. The third-order valence-corrected chi connectivity index (χ3v) is 7.35. The lowest BCUT2D eigenvalue weighted by Crippen LogP contribution is -2.21. The molecule has 5 rings (SSSR count). The maximum atomic E-state index is 12.5. The number of hydrogen-bond acceptors (Lipinski definition) is 5. The number of aryl methyl sites for hydroxylation is 1. The Morgan fingerprint density at radius 2 is 1.88 bits per heavy atom. The first-order valence-corrected chi connectivity index (χ1v) is 13.9. The number of hydrogen-bond donors (Lipinski definition) is 2. The minimum atomic E-state index is -0.284. The van der Waals surface area contributed by atoms with Gasteiger partial charge in [-0.3, -0.25) is 14.6 Å². The van der Waals surface area contributed by atoms with E-state index >= 15 is 0 Å². The van der Waals surface area contributed by atoms with Gasteiger partial charge in [0.25, 0.3) is 5.91 Å². The fraction of sp³-hybridized carbons (Fsp3) is 0.125. The molecule has 0 atom stereocenters. The summed E-state index contributed by atoms with van der Waals surface area (Å²) < 4.78 is 8.06. The van der Waals surface area contributed by atoms with Crippen LogP contribution in [-0.2, 0) is 17.9 Å². The van der Waals surface area contributed by atoms with Gasteiger partial charge in [-0.05, 0) is 61.0 Å². The van der Waals surface area contributed by atoms with Gasteiger partial charge in [0.1, 0.15) is 23.6 Å². The van der Waals surface area contributed by atoms with E-state index in [-0.39, 0.29) is 25.0 Å². The first-order chi connectivity index (χ1) is 20.3. The molecule has 0 aliphatic carbocycles. The summed E-state index contributed by atoms with van der Waals surface area (Å²) in [6.07, 6.45) is 6.44. The highest BCUT2D eigenvalue weighted by Crippen LogP contribution is 2.33. The number of carbonyl (C=O) groups is 2. The average molecular weight is 601 g/mol. The molecule has 2 N–H and O–H groups in total. The topological polar surface area (TPSA) is 98.1 Å². The molecule has 42 heavy (non-hydrogen) atoms. The molecule has 212 valence electrons. The second kappa shape index (κ2) is 12.9. The average Bonchev–Trinajstić information content (AvgIpc) is 3.47. The quantitative estimate of drug-likeness (QED) is 0.194. The van der Waals surface area contributed by atoms with Crippen LogP contribution in [0.15, 0.2) is 85.2 Å². The maximum Gasteiger partial charge on any atom is 0.269 e. The molecule has 0 unspecified atom stereocenters. The minimum Gasteiger partial charge on any atom is -0.487 e. The third-order valence-electron chi connectivity index (χ3n) is 6.57. The van der Waals surface area contributed by atoms with Crippen LogP contribution in [0.4, 0.5) is 0 Å². The standard InChI is InChI=1S/C32H27Cl2N5O3/c1-20-8-11-22-5-3-7-28(31(22)38-20)42-19-24-25(33)12-14-27(30(24)34)39-16-4-6-23(39)18-37-29(40)15-10-21-9-13-26(36-17-21)32(41)35-2/h3-17H,18-19H2,1-2H3,(H,35,41)(H,37,40). The number of benzene rings is 2. The van der Waals surface area contributed by atoms with Crippen LogP contribution in [0, 0.1) is 6.92 Å². The van der Waals surface area contributed by atoms with E-state index in [1.54, 1.807) is 31.3 Å². The molecule has 0 aliphatic rings. The van der Waals surface area contributed by atoms with Crippen molar-refractivity contribution in [2.24, 2.45) is 0 Å². The molecule has 3 aromatic heterocycles. The fourth-order valence-electron chi connectivity index (χ4n) is 4.36. The summed E-state index contributed by atoms with van der Waals surface area (Å²) in [5, 5.41) is 7.32. The molecule has 10 heteroatoms. The molecule has 2 amide bonds. The van der Waals surface area contributed by atoms with Gasteiger partial charge in [0.2, 0.25) is 5.91 Å². The van der Waals surface area contributed by atoms with E-state index in [9.17, 15) is 9.59 Å². The van der Waals surface area contributed by atoms with E-state index in [1.807, 2.05) is 66.2 Å². The van der Waals surface area contributed by atoms with Gasteiger partial charge in [0, 0.05) is 52.9 Å². The van der Waals surface area contributed by atoms with Crippen molar-refractivity contribution in [1.29, 1.82) is 0 Å². The lowest BCUT2D eigenvalue weighted by atomic mass is 10.1. The highest BCUT2D eigenvalue weighted by atomic mass is 35.5. The van der Waals surface area contributed by atoms with Crippen LogP contribution in [0.5, 0.6) is 5.75 Å². The van der Waals surface area contributed by atoms with E-state index in [4.69, 9.17) is 27.9 Å². The molecule has 5 aromatic rings. The van der Waals surface area contributed by atoms with Crippen molar-refractivity contribution in [2.45, 2.75) is 20.1 Å². The molecule has 0 radical (unpaired) electrons. The Bertz CT molecular complexity index is 1800. The summed E-state index contributed by atoms with van der Waals surface area (Å²) in [7, 11) is 1.54. The number of nitrogens with zero attached hydrogens (tertiary/aromatic N) is 3. The summed E-state index contributed by atoms with van der Waals surface area (Å²) in [6.45, 7) is 2.35. The van der Waals surface area contributed by atoms with E-state index in [2.05, 4.69) is 20.6 Å². The third kappa shape index (κ3) is 6.46. The summed E-state index contributed by atoms with van der Waals surface area (Å²) >= 11 is 13.4. The van der Waals surface area contributed by atoms with E-state index < -0.39 is 0 Å². The zero-order chi connectivity index (χ0) is 29.6. The number of rotatable bonds is 9. The van der Waals surface area contributed by atoms with Crippen molar-refractivity contribution in [1.82, 2.24) is 25.2 Å². The fourth-order valence-corrected chi connectivity index (χ4v) is 4.93. The van der Waals surface area contributed by atoms with Gasteiger partial charge in [0.15, 0.2) is 0 Å². The number of carbonyl (C=O) groups excluding carboxylic acids is 2. The van der Waals surface area contributed by atoms with Crippen LogP contribution < -0.4 is 15.4 Å². The minimum absolute atomic E-state index is 0.150. The summed E-state index contributed by atoms with van der Waals surface area (Å²) in [4.78, 5) is 32.9. The zero-order valence-corrected chi connectivity index (χ0v) is 24.4. The van der Waals surface area contributed by atoms with E-state index in [0.29, 0.717) is 38.3 Å². The Balaban J connectivity index is 1.28. The van der Waals surface area contributed by atoms with Crippen LogP contribution in [0.25, 0.3) is 22.7 Å². The summed E-state index contributed by atoms with van der Waals surface area (Å²) in [5.74, 6) is 0.0848. The van der Waals surface area contributed by atoms with Gasteiger partial charge in [-0.15, -0.1) is 0 Å². The van der Waals surface area contributed by atoms with Crippen molar-refractivity contribution in [2.75, 3.05) is 7.05 Å². The SMILES string of the molecule is CNC(=O)c1ccc(C=CC(=O)NCc2cccn2-c2ccc(Cl)c(COc3cccc4ccc(C)nc34)c2Cl)cn1. The highest BCUT2D eigenvalue weighted by Gasteiger charge is 2.16. The number of fused-ring (bicyclic) bond motifs is 1. The van der Waals surface area contributed by atoms with Crippen molar-refractivity contribution >= 4 is 52.0 Å². The van der Waals surface area contributed by atoms with Crippen molar-refractivity contribution < 1.29 is 14.3 Å². The van der Waals surface area contributed by atoms with Gasteiger partial charge >= 0.3 is 0 Å². The predicted molar refractivity (Wildman–Crippen MR) is 165 cm³/mol. The molecule has 0 saturated carbocycles. The van der Waals surface area contributed by atoms with Crippen molar-refractivity contribution in [3.8, 4) is 11.4 Å². The maximum absolute atomic E-state index is 12.5. The van der Waals surface area contributed by atoms with E-state index in [0.717, 1.165) is 22.3 Å². The normalized spacial score (nSPS) is 11.1. The Hall–Kier alpha value is -4.66. The predicted octanol–water partition coefficient (Wildman–Crippen LogP) is 6.30. The zero-order valence-electron chi connectivity index (χ0n) is 22.9. The molecule has 3 heterocycles. The molecule has 0 fully saturated rings. The molecule has 2 aromatic carbocycles. The molecule has 0 aliphatic heterocycles. The van der Waals surface area contributed by atoms with Gasteiger partial charge in [-0.2, -0.15) is 0 Å². The van der Waals surface area contributed by atoms with Gasteiger partial charge in [-0.25, -0.2) is 4.98 Å². The van der Waals surface area contributed by atoms with Gasteiger partial charge in [-0.1, -0.05) is 47.5 Å². The molecular formula is C32H27Cl2N5O3. The van der Waals surface area contributed by atoms with Crippen LogP contribution in [0.2, 0.25) is 10.0 Å². The molecule has 0 bridgehead atoms. The second-order valence-electron chi connectivity index (χ2n) is 9.40. The number of para-hydroxylation sites is 1. The Kier molecular flexibility index (Phi) is 8.85. The van der Waals surface area contributed by atoms with Crippen LogP contribution in [0.1, 0.15) is 33.0 Å². The summed E-state index contributed by atoms with van der Waals surface area (Å²) in [5.41, 5.74) is 4.83. The molecule has 8 nitrogen and oxygen atoms in total. The number of pyridine rings is 2. The highest BCUT2D eigenvalue weighted by molar-refractivity contribution is 6.37. The molecule has 0 spiro atoms. The second-order valence-corrected chi connectivity index (χ2v) is 10.2. The number of nitrogens with one attached hydrogen (secondary N) is 2. The smallest absolute Gasteiger partial charge is 0.269 e. The number of ether oxygens (including phenoxy) is 1. The number of halogens is 2. The Morgan fingerprint density at radius 3 is 2.67 bits per heavy atom. The molecular weight excluding hydrogens is 573 g/mol. The first kappa shape index (κ1) is 28.9. The van der Waals surface area contributed by atoms with Gasteiger partial charge in [0.05, 0.1) is 17.3 Å². The first-order valence-electron chi connectivity index (χ1n) is 13.1. The monoisotopic (exact) mass is 599 g/mol. The van der Waals surface area contributed by atoms with Crippen molar-refractivity contribution in [3.63, 3.8) is 0 Å². The van der Waals surface area contributed by atoms with Crippen LogP contribution in [0.3, 0.4) is 0 Å². The largest absolute Gasteiger partial charge is 0.487 e. The number of amides is 2. The van der Waals surface area contributed by atoms with Gasteiger partial charge < -0.3 is 19.9 Å². The van der Waals surface area contributed by atoms with Crippen molar-refractivity contribution in [3.05, 3.63) is 123 Å². The van der Waals surface area contributed by atoms with Crippen LogP contribution in [-0.4, -0.2) is 33.4 Å². The lowest BCUT2D eigenvalue weighted by Gasteiger charge is -2.16. The molecule has 0 saturated heterocycles. The van der Waals surface area contributed by atoms with Crippen LogP contribution >= 0.6 is 23.2 Å². The lowest BCUT2D eigenvalue weighted by molar-refractivity contribution is -0.116. The summed E-state index contributed by atoms with van der Waals surface area (Å²) in [6, 6.07) is 20.4. The Labute approximate surface area is 253 Å².